The van der Waals surface area contributed by atoms with E-state index in [1.807, 2.05) is 12.1 Å². The molecule has 1 aromatic carbocycles. The predicted octanol–water partition coefficient (Wildman–Crippen LogP) is 2.57. The van der Waals surface area contributed by atoms with Crippen molar-refractivity contribution < 1.29 is 0 Å². The van der Waals surface area contributed by atoms with Gasteiger partial charge in [0.05, 0.1) is 23.3 Å². The number of hydrogen-bond donors (Lipinski definition) is 1. The maximum absolute atomic E-state index is 8.77. The van der Waals surface area contributed by atoms with Gasteiger partial charge in [0, 0.05) is 11.9 Å². The second kappa shape index (κ2) is 4.78. The van der Waals surface area contributed by atoms with E-state index in [9.17, 15) is 0 Å². The minimum absolute atomic E-state index is 0.541. The number of nitriles is 2. The van der Waals surface area contributed by atoms with Crippen molar-refractivity contribution in [3.63, 3.8) is 0 Å². The average molecular weight is 220 g/mol. The van der Waals surface area contributed by atoms with Crippen LogP contribution in [0.3, 0.4) is 0 Å². The van der Waals surface area contributed by atoms with E-state index in [4.69, 9.17) is 10.5 Å². The lowest BCUT2D eigenvalue weighted by atomic mass is 10.2. The summed E-state index contributed by atoms with van der Waals surface area (Å²) in [6.07, 6.45) is 1.56. The summed E-state index contributed by atoms with van der Waals surface area (Å²) in [7, 11) is 0. The molecule has 1 heterocycles. The van der Waals surface area contributed by atoms with Crippen LogP contribution >= 0.6 is 0 Å². The second-order valence-corrected chi connectivity index (χ2v) is 3.36. The number of pyridine rings is 1. The zero-order valence-corrected chi connectivity index (χ0v) is 8.88. The summed E-state index contributed by atoms with van der Waals surface area (Å²) in [5.74, 6) is 0.583. The van der Waals surface area contributed by atoms with Gasteiger partial charge in [0.25, 0.3) is 0 Å². The van der Waals surface area contributed by atoms with E-state index in [1.54, 1.807) is 36.5 Å². The van der Waals surface area contributed by atoms with E-state index >= 15 is 0 Å². The van der Waals surface area contributed by atoms with Crippen molar-refractivity contribution in [2.24, 2.45) is 0 Å². The summed E-state index contributed by atoms with van der Waals surface area (Å²) >= 11 is 0. The van der Waals surface area contributed by atoms with Gasteiger partial charge in [-0.1, -0.05) is 6.07 Å². The first-order valence-electron chi connectivity index (χ1n) is 4.95. The van der Waals surface area contributed by atoms with Crippen molar-refractivity contribution in [2.75, 3.05) is 5.32 Å². The lowest BCUT2D eigenvalue weighted by Crippen LogP contribution is -1.94. The molecule has 0 unspecified atom stereocenters. The molecule has 2 aromatic rings. The SMILES string of the molecule is N#Cc1cccc(Nc2cc(C#N)ccn2)c1. The Morgan fingerprint density at radius 3 is 2.53 bits per heavy atom. The minimum atomic E-state index is 0.541. The molecule has 0 fully saturated rings. The fourth-order valence-electron chi connectivity index (χ4n) is 1.38. The monoisotopic (exact) mass is 220 g/mol. The quantitative estimate of drug-likeness (QED) is 0.844. The van der Waals surface area contributed by atoms with Gasteiger partial charge in [-0.2, -0.15) is 10.5 Å². The Morgan fingerprint density at radius 2 is 1.76 bits per heavy atom. The first kappa shape index (κ1) is 10.7. The van der Waals surface area contributed by atoms with E-state index in [0.29, 0.717) is 16.9 Å². The van der Waals surface area contributed by atoms with Gasteiger partial charge in [-0.15, -0.1) is 0 Å². The molecule has 0 amide bonds. The molecule has 1 aromatic heterocycles. The normalized spacial score (nSPS) is 9.06. The molecule has 80 valence electrons. The highest BCUT2D eigenvalue weighted by molar-refractivity contribution is 5.59. The number of nitrogens with one attached hydrogen (secondary N) is 1. The lowest BCUT2D eigenvalue weighted by molar-refractivity contribution is 1.29. The number of anilines is 2. The summed E-state index contributed by atoms with van der Waals surface area (Å²) < 4.78 is 0. The molecule has 0 aliphatic rings. The second-order valence-electron chi connectivity index (χ2n) is 3.36. The summed E-state index contributed by atoms with van der Waals surface area (Å²) in [5, 5.41) is 20.6. The molecule has 17 heavy (non-hydrogen) atoms. The van der Waals surface area contributed by atoms with Crippen LogP contribution in [0.25, 0.3) is 0 Å². The molecular formula is C13H8N4. The molecule has 0 atom stereocenters. The fourth-order valence-corrected chi connectivity index (χ4v) is 1.38. The Hall–Kier alpha value is -2.85. The number of rotatable bonds is 2. The van der Waals surface area contributed by atoms with Gasteiger partial charge in [-0.05, 0) is 30.3 Å². The largest absolute Gasteiger partial charge is 0.340 e. The summed E-state index contributed by atoms with van der Waals surface area (Å²) in [6.45, 7) is 0. The molecule has 0 aliphatic heterocycles. The molecule has 0 spiro atoms. The number of nitrogens with zero attached hydrogens (tertiary/aromatic N) is 3. The maximum Gasteiger partial charge on any atom is 0.131 e. The Morgan fingerprint density at radius 1 is 1.00 bits per heavy atom. The van der Waals surface area contributed by atoms with E-state index in [1.165, 1.54) is 0 Å². The number of benzene rings is 1. The third-order valence-electron chi connectivity index (χ3n) is 2.15. The van der Waals surface area contributed by atoms with E-state index in [0.717, 1.165) is 5.69 Å². The highest BCUT2D eigenvalue weighted by atomic mass is 15.0. The van der Waals surface area contributed by atoms with Crippen LogP contribution in [0.5, 0.6) is 0 Å². The molecule has 0 radical (unpaired) electrons. The van der Waals surface area contributed by atoms with Gasteiger partial charge >= 0.3 is 0 Å². The van der Waals surface area contributed by atoms with E-state index in [2.05, 4.69) is 16.4 Å². The van der Waals surface area contributed by atoms with Crippen molar-refractivity contribution in [3.8, 4) is 12.1 Å². The third-order valence-corrected chi connectivity index (χ3v) is 2.15. The fraction of sp³-hybridized carbons (Fsp3) is 0. The molecule has 4 heteroatoms. The maximum atomic E-state index is 8.77. The van der Waals surface area contributed by atoms with Crippen LogP contribution in [0.2, 0.25) is 0 Å². The van der Waals surface area contributed by atoms with Crippen LogP contribution in [0, 0.1) is 22.7 Å². The molecule has 2 rings (SSSR count). The summed E-state index contributed by atoms with van der Waals surface area (Å²) in [5.41, 5.74) is 1.89. The van der Waals surface area contributed by atoms with Crippen LogP contribution < -0.4 is 5.32 Å². The Bertz CT molecular complexity index is 564. The zero-order valence-electron chi connectivity index (χ0n) is 8.88. The first-order chi connectivity index (χ1) is 8.31. The lowest BCUT2D eigenvalue weighted by Gasteiger charge is -2.05. The van der Waals surface area contributed by atoms with Gasteiger partial charge in [-0.3, -0.25) is 0 Å². The molecule has 0 bridgehead atoms. The van der Waals surface area contributed by atoms with Crippen LogP contribution in [0.4, 0.5) is 11.5 Å². The van der Waals surface area contributed by atoms with Gasteiger partial charge in [0.15, 0.2) is 0 Å². The smallest absolute Gasteiger partial charge is 0.131 e. The van der Waals surface area contributed by atoms with Crippen LogP contribution in [-0.4, -0.2) is 4.98 Å². The van der Waals surface area contributed by atoms with Crippen molar-refractivity contribution in [1.82, 2.24) is 4.98 Å². The average Bonchev–Trinajstić information content (AvgIpc) is 2.39. The predicted molar refractivity (Wildman–Crippen MR) is 63.4 cm³/mol. The standard InChI is InChI=1S/C13H8N4/c14-8-10-2-1-3-12(6-10)17-13-7-11(9-15)4-5-16-13/h1-7H,(H,16,17). The highest BCUT2D eigenvalue weighted by Crippen LogP contribution is 2.16. The Balaban J connectivity index is 2.26. The molecule has 4 nitrogen and oxygen atoms in total. The summed E-state index contributed by atoms with van der Waals surface area (Å²) in [6, 6.07) is 14.5. The topological polar surface area (TPSA) is 72.5 Å². The number of hydrogen-bond acceptors (Lipinski definition) is 4. The summed E-state index contributed by atoms with van der Waals surface area (Å²) in [4.78, 5) is 4.09. The van der Waals surface area contributed by atoms with Crippen molar-refractivity contribution in [3.05, 3.63) is 53.7 Å². The van der Waals surface area contributed by atoms with Crippen molar-refractivity contribution in [2.45, 2.75) is 0 Å². The minimum Gasteiger partial charge on any atom is -0.340 e. The van der Waals surface area contributed by atoms with Crippen LogP contribution in [0.1, 0.15) is 11.1 Å². The molecular weight excluding hydrogens is 212 g/mol. The van der Waals surface area contributed by atoms with E-state index < -0.39 is 0 Å². The Labute approximate surface area is 98.8 Å². The molecule has 0 aliphatic carbocycles. The highest BCUT2D eigenvalue weighted by Gasteiger charge is 1.98. The van der Waals surface area contributed by atoms with Gasteiger partial charge in [0.1, 0.15) is 5.82 Å². The molecule has 0 saturated heterocycles. The van der Waals surface area contributed by atoms with Crippen LogP contribution in [0.15, 0.2) is 42.6 Å². The zero-order chi connectivity index (χ0) is 12.1. The van der Waals surface area contributed by atoms with Gasteiger partial charge in [0.2, 0.25) is 0 Å². The van der Waals surface area contributed by atoms with Crippen molar-refractivity contribution in [1.29, 1.82) is 10.5 Å². The molecule has 1 N–H and O–H groups in total. The van der Waals surface area contributed by atoms with Gasteiger partial charge < -0.3 is 5.32 Å². The van der Waals surface area contributed by atoms with Crippen LogP contribution in [-0.2, 0) is 0 Å². The third kappa shape index (κ3) is 2.58. The van der Waals surface area contributed by atoms with E-state index in [-0.39, 0.29) is 0 Å². The van der Waals surface area contributed by atoms with Gasteiger partial charge in [-0.25, -0.2) is 4.98 Å². The first-order valence-corrected chi connectivity index (χ1v) is 4.95. The number of aromatic nitrogens is 1. The van der Waals surface area contributed by atoms with Crippen molar-refractivity contribution >= 4 is 11.5 Å². The Kier molecular flexibility index (Phi) is 3.00. The molecule has 0 saturated carbocycles.